The smallest absolute Gasteiger partial charge is 0.185 e. The van der Waals surface area contributed by atoms with Crippen molar-refractivity contribution in [2.24, 2.45) is 0 Å². The minimum Gasteiger partial charge on any atom is -0.453 e. The van der Waals surface area contributed by atoms with Crippen molar-refractivity contribution >= 4 is 23.6 Å². The molecule has 4 heteroatoms. The van der Waals surface area contributed by atoms with Crippen LogP contribution >= 0.6 is 11.6 Å². The first-order chi connectivity index (χ1) is 9.28. The van der Waals surface area contributed by atoms with Crippen LogP contribution in [0.5, 0.6) is 0 Å². The van der Waals surface area contributed by atoms with Crippen LogP contribution in [0.2, 0.25) is 5.02 Å². The van der Waals surface area contributed by atoms with Crippen molar-refractivity contribution in [3.05, 3.63) is 41.1 Å². The highest BCUT2D eigenvalue weighted by Crippen LogP contribution is 2.33. The minimum atomic E-state index is 0.328. The van der Waals surface area contributed by atoms with Crippen molar-refractivity contribution in [2.45, 2.75) is 12.8 Å². The number of halogens is 1. The van der Waals surface area contributed by atoms with E-state index in [2.05, 4.69) is 4.90 Å². The van der Waals surface area contributed by atoms with Gasteiger partial charge in [-0.15, -0.1) is 0 Å². The van der Waals surface area contributed by atoms with E-state index in [0.717, 1.165) is 29.4 Å². The van der Waals surface area contributed by atoms with E-state index >= 15 is 0 Å². The number of rotatable bonds is 3. The summed E-state index contributed by atoms with van der Waals surface area (Å²) in [6.45, 7) is 2.13. The fourth-order valence-corrected chi connectivity index (χ4v) is 2.75. The number of hydrogen-bond donors (Lipinski definition) is 0. The first-order valence-electron chi connectivity index (χ1n) is 6.38. The third-order valence-electron chi connectivity index (χ3n) is 3.42. The lowest BCUT2D eigenvalue weighted by molar-refractivity contribution is 0.110. The van der Waals surface area contributed by atoms with Gasteiger partial charge in [-0.1, -0.05) is 11.6 Å². The fourth-order valence-electron chi connectivity index (χ4n) is 2.45. The normalized spacial score (nSPS) is 14.9. The zero-order chi connectivity index (χ0) is 13.2. The zero-order valence-electron chi connectivity index (χ0n) is 10.4. The maximum atomic E-state index is 10.6. The van der Waals surface area contributed by atoms with Gasteiger partial charge in [0.05, 0.1) is 10.7 Å². The highest BCUT2D eigenvalue weighted by Gasteiger charge is 2.16. The molecule has 0 radical (unpaired) electrons. The van der Waals surface area contributed by atoms with E-state index < -0.39 is 0 Å². The maximum absolute atomic E-state index is 10.6. The van der Waals surface area contributed by atoms with Gasteiger partial charge in [-0.3, -0.25) is 4.79 Å². The lowest BCUT2D eigenvalue weighted by Gasteiger charge is -2.19. The molecule has 0 aliphatic carbocycles. The van der Waals surface area contributed by atoms with E-state index in [0.29, 0.717) is 17.8 Å². The SMILES string of the molecule is O=Cc1ccc(-c2ccc(N3CCCC3)c(Cl)c2)o1. The Hall–Kier alpha value is -1.74. The highest BCUT2D eigenvalue weighted by atomic mass is 35.5. The average molecular weight is 276 g/mol. The molecule has 1 aliphatic rings. The van der Waals surface area contributed by atoms with Crippen molar-refractivity contribution in [3.63, 3.8) is 0 Å². The fraction of sp³-hybridized carbons (Fsp3) is 0.267. The van der Waals surface area contributed by atoms with Crippen molar-refractivity contribution in [2.75, 3.05) is 18.0 Å². The Kier molecular flexibility index (Phi) is 3.30. The molecule has 98 valence electrons. The summed E-state index contributed by atoms with van der Waals surface area (Å²) < 4.78 is 5.40. The van der Waals surface area contributed by atoms with E-state index in [1.807, 2.05) is 18.2 Å². The summed E-state index contributed by atoms with van der Waals surface area (Å²) in [5.74, 6) is 0.992. The van der Waals surface area contributed by atoms with E-state index in [-0.39, 0.29) is 0 Å². The summed E-state index contributed by atoms with van der Waals surface area (Å²) in [6.07, 6.45) is 3.14. The summed E-state index contributed by atoms with van der Waals surface area (Å²) >= 11 is 6.35. The number of furan rings is 1. The molecule has 2 heterocycles. The number of carbonyl (C=O) groups is 1. The Labute approximate surface area is 116 Å². The van der Waals surface area contributed by atoms with Crippen LogP contribution in [0.25, 0.3) is 11.3 Å². The summed E-state index contributed by atoms with van der Waals surface area (Å²) in [4.78, 5) is 12.9. The van der Waals surface area contributed by atoms with Crippen molar-refractivity contribution in [3.8, 4) is 11.3 Å². The minimum absolute atomic E-state index is 0.328. The Morgan fingerprint density at radius 2 is 1.95 bits per heavy atom. The largest absolute Gasteiger partial charge is 0.453 e. The number of carbonyl (C=O) groups excluding carboxylic acids is 1. The third kappa shape index (κ3) is 2.38. The zero-order valence-corrected chi connectivity index (χ0v) is 11.2. The van der Waals surface area contributed by atoms with Crippen molar-refractivity contribution < 1.29 is 9.21 Å². The molecule has 0 unspecified atom stereocenters. The number of nitrogens with zero attached hydrogens (tertiary/aromatic N) is 1. The van der Waals surface area contributed by atoms with Crippen LogP contribution in [0.15, 0.2) is 34.7 Å². The van der Waals surface area contributed by atoms with E-state index in [1.54, 1.807) is 12.1 Å². The highest BCUT2D eigenvalue weighted by molar-refractivity contribution is 6.33. The molecule has 2 aromatic rings. The molecule has 1 aliphatic heterocycles. The van der Waals surface area contributed by atoms with E-state index in [9.17, 15) is 4.79 Å². The van der Waals surface area contributed by atoms with Gasteiger partial charge < -0.3 is 9.32 Å². The Morgan fingerprint density at radius 3 is 2.58 bits per heavy atom. The van der Waals surface area contributed by atoms with Crippen LogP contribution in [-0.4, -0.2) is 19.4 Å². The maximum Gasteiger partial charge on any atom is 0.185 e. The summed E-state index contributed by atoms with van der Waals surface area (Å²) in [5, 5.41) is 0.725. The predicted molar refractivity (Wildman–Crippen MR) is 76.0 cm³/mol. The summed E-state index contributed by atoms with van der Waals surface area (Å²) in [5.41, 5.74) is 1.96. The molecule has 0 amide bonds. The summed E-state index contributed by atoms with van der Waals surface area (Å²) in [6, 6.07) is 9.33. The molecule has 1 aromatic carbocycles. The molecule has 0 N–H and O–H groups in total. The second-order valence-corrected chi connectivity index (χ2v) is 5.09. The van der Waals surface area contributed by atoms with Gasteiger partial charge in [-0.25, -0.2) is 0 Å². The van der Waals surface area contributed by atoms with Crippen LogP contribution in [0.1, 0.15) is 23.4 Å². The number of anilines is 1. The molecule has 1 fully saturated rings. The Morgan fingerprint density at radius 1 is 1.16 bits per heavy atom. The van der Waals surface area contributed by atoms with Crippen LogP contribution in [-0.2, 0) is 0 Å². The number of hydrogen-bond acceptors (Lipinski definition) is 3. The predicted octanol–water partition coefficient (Wildman–Crippen LogP) is 4.01. The van der Waals surface area contributed by atoms with Crippen LogP contribution in [0, 0.1) is 0 Å². The number of aldehydes is 1. The molecule has 1 aromatic heterocycles. The van der Waals surface area contributed by atoms with Crippen molar-refractivity contribution in [1.82, 2.24) is 0 Å². The third-order valence-corrected chi connectivity index (χ3v) is 3.72. The number of benzene rings is 1. The molecule has 3 nitrogen and oxygen atoms in total. The second-order valence-electron chi connectivity index (χ2n) is 4.68. The van der Waals surface area contributed by atoms with E-state index in [4.69, 9.17) is 16.0 Å². The van der Waals surface area contributed by atoms with E-state index in [1.165, 1.54) is 12.8 Å². The molecule has 19 heavy (non-hydrogen) atoms. The Bertz CT molecular complexity index is 600. The van der Waals surface area contributed by atoms with Crippen LogP contribution < -0.4 is 4.90 Å². The average Bonchev–Trinajstić information content (AvgIpc) is 3.10. The molecule has 3 rings (SSSR count). The Balaban J connectivity index is 1.92. The molecule has 0 spiro atoms. The first kappa shape index (κ1) is 12.3. The second kappa shape index (κ2) is 5.10. The molecule has 0 saturated carbocycles. The van der Waals surface area contributed by atoms with Gasteiger partial charge in [0, 0.05) is 18.7 Å². The van der Waals surface area contributed by atoms with Crippen LogP contribution in [0.3, 0.4) is 0 Å². The monoisotopic (exact) mass is 275 g/mol. The lowest BCUT2D eigenvalue weighted by atomic mass is 10.1. The van der Waals surface area contributed by atoms with Gasteiger partial charge in [0.2, 0.25) is 0 Å². The van der Waals surface area contributed by atoms with Gasteiger partial charge in [0.25, 0.3) is 0 Å². The van der Waals surface area contributed by atoms with Gasteiger partial charge in [-0.05, 0) is 43.2 Å². The molecule has 0 bridgehead atoms. The van der Waals surface area contributed by atoms with Gasteiger partial charge in [-0.2, -0.15) is 0 Å². The van der Waals surface area contributed by atoms with Gasteiger partial charge in [0.15, 0.2) is 12.0 Å². The quantitative estimate of drug-likeness (QED) is 0.794. The summed E-state index contributed by atoms with van der Waals surface area (Å²) in [7, 11) is 0. The van der Waals surface area contributed by atoms with Gasteiger partial charge >= 0.3 is 0 Å². The topological polar surface area (TPSA) is 33.5 Å². The van der Waals surface area contributed by atoms with Crippen LogP contribution in [0.4, 0.5) is 5.69 Å². The first-order valence-corrected chi connectivity index (χ1v) is 6.75. The van der Waals surface area contributed by atoms with Gasteiger partial charge in [0.1, 0.15) is 5.76 Å². The molecule has 0 atom stereocenters. The van der Waals surface area contributed by atoms with Crippen molar-refractivity contribution in [1.29, 1.82) is 0 Å². The molecular weight excluding hydrogens is 262 g/mol. The lowest BCUT2D eigenvalue weighted by Crippen LogP contribution is -2.17. The molecular formula is C15H14ClNO2. The molecule has 1 saturated heterocycles. The standard InChI is InChI=1S/C15H14ClNO2/c16-13-9-11(15-6-4-12(10-18)19-15)3-5-14(13)17-7-1-2-8-17/h3-6,9-10H,1-2,7-8H2.